The highest BCUT2D eigenvalue weighted by atomic mass is 35.5. The van der Waals surface area contributed by atoms with Gasteiger partial charge in [-0.3, -0.25) is 14.9 Å². The smallest absolute Gasteiger partial charge is 0.429 e. The van der Waals surface area contributed by atoms with Crippen LogP contribution in [0.2, 0.25) is 5.02 Å². The summed E-state index contributed by atoms with van der Waals surface area (Å²) in [5, 5.41) is 19.3. The van der Waals surface area contributed by atoms with Gasteiger partial charge in [0.15, 0.2) is 0 Å². The van der Waals surface area contributed by atoms with Crippen LogP contribution in [0.3, 0.4) is 0 Å². The molecule has 0 aliphatic carbocycles. The third-order valence-corrected chi connectivity index (χ3v) is 9.94. The lowest BCUT2D eigenvalue weighted by atomic mass is 9.71. The van der Waals surface area contributed by atoms with Gasteiger partial charge in [0, 0.05) is 35.3 Å². The van der Waals surface area contributed by atoms with E-state index in [4.69, 9.17) is 22.1 Å². The van der Waals surface area contributed by atoms with Crippen molar-refractivity contribution in [1.82, 2.24) is 30.8 Å². The minimum atomic E-state index is -4.91. The van der Waals surface area contributed by atoms with Crippen LogP contribution in [0.25, 0.3) is 11.1 Å². The zero-order valence-corrected chi connectivity index (χ0v) is 27.5. The summed E-state index contributed by atoms with van der Waals surface area (Å²) in [5.41, 5.74) is 6.29. The van der Waals surface area contributed by atoms with Gasteiger partial charge in [-0.05, 0) is 99.1 Å². The Morgan fingerprint density at radius 3 is 2.59 bits per heavy atom. The van der Waals surface area contributed by atoms with E-state index >= 15 is 0 Å². The number of likely N-dealkylation sites (tertiary alicyclic amines) is 1. The van der Waals surface area contributed by atoms with Crippen LogP contribution in [0.1, 0.15) is 65.9 Å². The molecule has 2 aromatic carbocycles. The number of benzene rings is 2. The van der Waals surface area contributed by atoms with Crippen LogP contribution in [0.4, 0.5) is 19.1 Å². The zero-order chi connectivity index (χ0) is 34.8. The number of hydrogen-bond donors (Lipinski definition) is 5. The van der Waals surface area contributed by atoms with Gasteiger partial charge in [-0.25, -0.2) is 4.98 Å². The van der Waals surface area contributed by atoms with Gasteiger partial charge < -0.3 is 31.1 Å². The first-order valence-corrected chi connectivity index (χ1v) is 16.8. The lowest BCUT2D eigenvalue weighted by Gasteiger charge is -2.38. The molecule has 0 radical (unpaired) electrons. The number of carbonyl (C=O) groups excluding carboxylic acids is 1. The molecular formula is C34H39ClF3N7O4. The second kappa shape index (κ2) is 14.5. The van der Waals surface area contributed by atoms with Crippen molar-refractivity contribution >= 4 is 29.4 Å². The van der Waals surface area contributed by atoms with Crippen molar-refractivity contribution in [2.24, 2.45) is 5.41 Å². The van der Waals surface area contributed by atoms with Crippen LogP contribution in [0.5, 0.6) is 5.88 Å². The molecule has 1 amide bonds. The number of ether oxygens (including phenoxy) is 1. The molecule has 3 aliphatic rings. The second-order valence-electron chi connectivity index (χ2n) is 13.0. The topological polar surface area (TPSA) is 155 Å². The number of amides is 1. The lowest BCUT2D eigenvalue weighted by molar-refractivity contribution is -0.198. The highest BCUT2D eigenvalue weighted by molar-refractivity contribution is 6.30. The highest BCUT2D eigenvalue weighted by Gasteiger charge is 2.51. The number of piperidine rings is 1. The summed E-state index contributed by atoms with van der Waals surface area (Å²) in [7, 11) is 0. The molecule has 2 unspecified atom stereocenters. The fourth-order valence-electron chi connectivity index (χ4n) is 7.30. The fourth-order valence-corrected chi connectivity index (χ4v) is 7.48. The molecule has 3 aliphatic heterocycles. The van der Waals surface area contributed by atoms with Crippen LogP contribution in [-0.4, -0.2) is 83.3 Å². The first-order chi connectivity index (χ1) is 23.4. The normalized spacial score (nSPS) is 21.5. The minimum Gasteiger partial charge on any atom is -0.480 e. The lowest BCUT2D eigenvalue weighted by Crippen LogP contribution is -2.40. The number of alkyl halides is 3. The molecule has 262 valence electrons. The van der Waals surface area contributed by atoms with Crippen molar-refractivity contribution in [3.63, 3.8) is 0 Å². The molecule has 1 spiro atoms. The van der Waals surface area contributed by atoms with Gasteiger partial charge in [0.2, 0.25) is 17.9 Å². The van der Waals surface area contributed by atoms with Crippen LogP contribution >= 0.6 is 11.6 Å². The van der Waals surface area contributed by atoms with Crippen molar-refractivity contribution < 1.29 is 32.6 Å². The van der Waals surface area contributed by atoms with E-state index in [0.29, 0.717) is 44.5 Å². The number of carboxylic acid groups (broad SMARTS) is 1. The van der Waals surface area contributed by atoms with E-state index in [1.807, 2.05) is 0 Å². The molecule has 4 heterocycles. The zero-order valence-electron chi connectivity index (χ0n) is 26.7. The van der Waals surface area contributed by atoms with Crippen LogP contribution < -0.4 is 26.4 Å². The van der Waals surface area contributed by atoms with E-state index in [2.05, 4.69) is 30.8 Å². The Morgan fingerprint density at radius 1 is 1.12 bits per heavy atom. The van der Waals surface area contributed by atoms with E-state index in [-0.39, 0.29) is 39.3 Å². The molecule has 49 heavy (non-hydrogen) atoms. The van der Waals surface area contributed by atoms with Crippen molar-refractivity contribution in [2.45, 2.75) is 56.5 Å². The molecule has 0 bridgehead atoms. The molecule has 6 rings (SSSR count). The molecule has 11 nitrogen and oxygen atoms in total. The maximum atomic E-state index is 14.9. The monoisotopic (exact) mass is 701 g/mol. The molecule has 3 fully saturated rings. The Kier molecular flexibility index (Phi) is 10.3. The Hall–Kier alpha value is -3.98. The molecule has 15 heteroatoms. The Labute approximate surface area is 286 Å². The van der Waals surface area contributed by atoms with Crippen molar-refractivity contribution in [3.05, 3.63) is 70.4 Å². The predicted molar refractivity (Wildman–Crippen MR) is 177 cm³/mol. The average Bonchev–Trinajstić information content (AvgIpc) is 3.72. The largest absolute Gasteiger partial charge is 0.480 e. The number of carbonyl (C=O) groups is 2. The van der Waals surface area contributed by atoms with Crippen LogP contribution in [-0.2, 0) is 4.79 Å². The standard InChI is InChI=1S/C34H39ClF3N7O4/c35-22-6-7-23(24(17-22)20-4-3-5-21(16-20)30(46)41-12-15-45-13-1-2-14-45)29(34(36,37)38)49-27-18-25(43-32(39)44-27)28-33(8-10-40-11-9-33)19-26(42-28)31(47)48/h3-7,16-18,26,28-29,40,42H,1-2,8-15,19H2,(H,41,46)(H,47,48)(H2,39,43,44)/t26?,28?,29-/m1/s1. The van der Waals surface area contributed by atoms with Crippen molar-refractivity contribution in [1.29, 1.82) is 0 Å². The number of hydrogen-bond acceptors (Lipinski definition) is 9. The number of nitrogens with two attached hydrogens (primary N) is 1. The van der Waals surface area contributed by atoms with E-state index < -0.39 is 41.6 Å². The van der Waals surface area contributed by atoms with E-state index in [1.54, 1.807) is 18.2 Å². The maximum Gasteiger partial charge on any atom is 0.429 e. The summed E-state index contributed by atoms with van der Waals surface area (Å²) in [6.45, 7) is 4.48. The number of halogens is 4. The summed E-state index contributed by atoms with van der Waals surface area (Å²) >= 11 is 6.30. The SMILES string of the molecule is Nc1nc(O[C@H](c2ccc(Cl)cc2-c2cccc(C(=O)NCCN3CCCC3)c2)C(F)(F)F)cc(C2NC(C(=O)O)CC23CCNCC3)n1. The second-order valence-corrected chi connectivity index (χ2v) is 13.4. The fraction of sp³-hybridized carbons (Fsp3) is 0.471. The van der Waals surface area contributed by atoms with Gasteiger partial charge in [-0.15, -0.1) is 0 Å². The Morgan fingerprint density at radius 2 is 1.88 bits per heavy atom. The molecule has 6 N–H and O–H groups in total. The predicted octanol–water partition coefficient (Wildman–Crippen LogP) is 4.74. The average molecular weight is 702 g/mol. The highest BCUT2D eigenvalue weighted by Crippen LogP contribution is 2.50. The number of aromatic nitrogens is 2. The van der Waals surface area contributed by atoms with Crippen molar-refractivity contribution in [2.75, 3.05) is 45.0 Å². The Bertz CT molecular complexity index is 1680. The van der Waals surface area contributed by atoms with E-state index in [0.717, 1.165) is 32.5 Å². The summed E-state index contributed by atoms with van der Waals surface area (Å²) in [6.07, 6.45) is -3.53. The number of anilines is 1. The van der Waals surface area contributed by atoms with Crippen LogP contribution in [0.15, 0.2) is 48.5 Å². The molecule has 3 atom stereocenters. The number of nitrogen functional groups attached to an aromatic ring is 1. The van der Waals surface area contributed by atoms with Gasteiger partial charge in [0.1, 0.15) is 6.04 Å². The molecule has 0 saturated carbocycles. The van der Waals surface area contributed by atoms with E-state index in [1.165, 1.54) is 30.3 Å². The quantitative estimate of drug-likeness (QED) is 0.200. The summed E-state index contributed by atoms with van der Waals surface area (Å²) in [6, 6.07) is 10.2. The first kappa shape index (κ1) is 34.9. The molecule has 3 aromatic rings. The number of carboxylic acids is 1. The first-order valence-electron chi connectivity index (χ1n) is 16.4. The molecule has 3 saturated heterocycles. The van der Waals surface area contributed by atoms with E-state index in [9.17, 15) is 27.9 Å². The van der Waals surface area contributed by atoms with Gasteiger partial charge in [-0.2, -0.15) is 18.2 Å². The van der Waals surface area contributed by atoms with Gasteiger partial charge in [0.05, 0.1) is 11.7 Å². The number of rotatable bonds is 10. The number of nitrogens with zero attached hydrogens (tertiary/aromatic N) is 3. The third-order valence-electron chi connectivity index (χ3n) is 9.71. The summed E-state index contributed by atoms with van der Waals surface area (Å²) in [5.74, 6) is -2.08. The number of nitrogens with one attached hydrogen (secondary N) is 3. The van der Waals surface area contributed by atoms with Crippen molar-refractivity contribution in [3.8, 4) is 17.0 Å². The summed E-state index contributed by atoms with van der Waals surface area (Å²) < 4.78 is 50.4. The maximum absolute atomic E-state index is 14.9. The third kappa shape index (κ3) is 7.93. The minimum absolute atomic E-state index is 0.124. The van der Waals surface area contributed by atoms with Crippen LogP contribution in [0, 0.1) is 5.41 Å². The number of aliphatic carboxylic acids is 1. The van der Waals surface area contributed by atoms with Gasteiger partial charge in [-0.1, -0.05) is 29.8 Å². The van der Waals surface area contributed by atoms with Gasteiger partial charge >= 0.3 is 12.1 Å². The molecular weight excluding hydrogens is 663 g/mol. The van der Waals surface area contributed by atoms with Gasteiger partial charge in [0.25, 0.3) is 5.91 Å². The Balaban J connectivity index is 1.30. The molecule has 1 aromatic heterocycles. The summed E-state index contributed by atoms with van der Waals surface area (Å²) in [4.78, 5) is 35.5.